The van der Waals surface area contributed by atoms with Gasteiger partial charge in [-0.15, -0.1) is 0 Å². The summed E-state index contributed by atoms with van der Waals surface area (Å²) in [7, 11) is 4.30. The lowest BCUT2D eigenvalue weighted by molar-refractivity contribution is 0.0658. The number of carbonyl (C=O) groups is 1. The van der Waals surface area contributed by atoms with Gasteiger partial charge in [0.15, 0.2) is 0 Å². The van der Waals surface area contributed by atoms with Gasteiger partial charge in [0, 0.05) is 18.6 Å². The number of rotatable bonds is 4. The van der Waals surface area contributed by atoms with E-state index in [0.717, 1.165) is 25.7 Å². The van der Waals surface area contributed by atoms with Crippen molar-refractivity contribution in [2.45, 2.75) is 36.8 Å². The lowest BCUT2D eigenvalue weighted by Crippen LogP contribution is -2.54. The summed E-state index contributed by atoms with van der Waals surface area (Å²) < 4.78 is 5.42. The average Bonchev–Trinajstić information content (AvgIpc) is 3.20. The summed E-state index contributed by atoms with van der Waals surface area (Å²) in [4.78, 5) is 23.8. The number of pyridine rings is 1. The Labute approximate surface area is 201 Å². The second kappa shape index (κ2) is 8.90. The van der Waals surface area contributed by atoms with Crippen LogP contribution >= 0.6 is 0 Å². The van der Waals surface area contributed by atoms with Crippen LogP contribution in [0.4, 0.5) is 16.3 Å². The number of amides is 2. The summed E-state index contributed by atoms with van der Waals surface area (Å²) in [6.07, 6.45) is 5.45. The number of urea groups is 1. The third kappa shape index (κ3) is 3.89. The van der Waals surface area contributed by atoms with Crippen LogP contribution in [0.1, 0.15) is 36.8 Å². The van der Waals surface area contributed by atoms with E-state index in [0.29, 0.717) is 49.9 Å². The largest absolute Gasteiger partial charge is 0.378 e. The lowest BCUT2D eigenvalue weighted by Gasteiger charge is -2.48. The summed E-state index contributed by atoms with van der Waals surface area (Å²) in [5.41, 5.74) is 2.21. The predicted molar refractivity (Wildman–Crippen MR) is 131 cm³/mol. The van der Waals surface area contributed by atoms with Crippen molar-refractivity contribution >= 4 is 17.5 Å². The van der Waals surface area contributed by atoms with Crippen LogP contribution in [-0.4, -0.2) is 68.4 Å². The molecule has 34 heavy (non-hydrogen) atoms. The second-order valence-corrected chi connectivity index (χ2v) is 9.86. The van der Waals surface area contributed by atoms with Gasteiger partial charge in [0.2, 0.25) is 0 Å². The number of nitrogens with one attached hydrogen (secondary N) is 1. The highest BCUT2D eigenvalue weighted by Crippen LogP contribution is 2.46. The van der Waals surface area contributed by atoms with E-state index in [2.05, 4.69) is 70.6 Å². The van der Waals surface area contributed by atoms with Crippen molar-refractivity contribution in [1.29, 1.82) is 5.26 Å². The van der Waals surface area contributed by atoms with E-state index in [1.165, 1.54) is 5.56 Å². The number of carbonyl (C=O) groups excluding carboxylic acids is 1. The quantitative estimate of drug-likeness (QED) is 0.755. The van der Waals surface area contributed by atoms with Gasteiger partial charge in [0.05, 0.1) is 42.7 Å². The van der Waals surface area contributed by atoms with Crippen molar-refractivity contribution in [3.05, 3.63) is 53.7 Å². The van der Waals surface area contributed by atoms with E-state index in [9.17, 15) is 10.1 Å². The Bertz CT molecular complexity index is 1080. The van der Waals surface area contributed by atoms with Crippen LogP contribution in [0.3, 0.4) is 0 Å². The number of aromatic nitrogens is 1. The minimum atomic E-state index is -0.263. The van der Waals surface area contributed by atoms with Crippen LogP contribution in [0.15, 0.2) is 42.6 Å². The van der Waals surface area contributed by atoms with Crippen molar-refractivity contribution in [2.75, 3.05) is 56.7 Å². The molecule has 2 amide bonds. The molecule has 3 fully saturated rings. The SMILES string of the molecule is CN(C)[C@]1(c2ccccc2)CC[C@@]2(CC1)CN(c1cnc(N3CCOCC3)c(C#N)c1)C(=O)N2. The monoisotopic (exact) mass is 460 g/mol. The molecule has 8 nitrogen and oxygen atoms in total. The van der Waals surface area contributed by atoms with E-state index in [1.54, 1.807) is 17.2 Å². The molecule has 1 aromatic heterocycles. The third-order valence-corrected chi connectivity index (χ3v) is 7.87. The standard InChI is InChI=1S/C26H32N6O2/c1-30(2)26(21-6-4-3-5-7-21)10-8-25(9-11-26)19-32(24(33)29-25)22-16-20(17-27)23(28-18-22)31-12-14-34-15-13-31/h3-7,16,18H,8-15,19H2,1-2H3,(H,29,33)/t25-,26-. The molecule has 3 aliphatic rings. The first-order valence-corrected chi connectivity index (χ1v) is 12.0. The van der Waals surface area contributed by atoms with Gasteiger partial charge < -0.3 is 15.0 Å². The first-order chi connectivity index (χ1) is 16.5. The van der Waals surface area contributed by atoms with Crippen LogP contribution in [-0.2, 0) is 10.3 Å². The fourth-order valence-electron chi connectivity index (χ4n) is 5.79. The minimum Gasteiger partial charge on any atom is -0.378 e. The molecule has 8 heteroatoms. The number of hydrogen-bond donors (Lipinski definition) is 1. The number of nitrogens with zero attached hydrogens (tertiary/aromatic N) is 5. The van der Waals surface area contributed by atoms with Gasteiger partial charge in [0.25, 0.3) is 0 Å². The molecule has 5 rings (SSSR count). The Kier molecular flexibility index (Phi) is 5.92. The zero-order valence-electron chi connectivity index (χ0n) is 20.0. The highest BCUT2D eigenvalue weighted by atomic mass is 16.5. The maximum atomic E-state index is 13.1. The molecule has 0 radical (unpaired) electrons. The van der Waals surface area contributed by atoms with Gasteiger partial charge >= 0.3 is 6.03 Å². The maximum Gasteiger partial charge on any atom is 0.322 e. The fourth-order valence-corrected chi connectivity index (χ4v) is 5.79. The zero-order valence-corrected chi connectivity index (χ0v) is 20.0. The molecular weight excluding hydrogens is 428 g/mol. The van der Waals surface area contributed by atoms with Gasteiger partial charge in [0.1, 0.15) is 11.9 Å². The molecule has 3 heterocycles. The first kappa shape index (κ1) is 22.6. The molecular formula is C26H32N6O2. The highest BCUT2D eigenvalue weighted by Gasteiger charge is 2.50. The van der Waals surface area contributed by atoms with Crippen LogP contribution in [0.2, 0.25) is 0 Å². The molecule has 0 atom stereocenters. The van der Waals surface area contributed by atoms with E-state index < -0.39 is 0 Å². The molecule has 1 aromatic carbocycles. The van der Waals surface area contributed by atoms with Crippen LogP contribution in [0, 0.1) is 11.3 Å². The molecule has 1 N–H and O–H groups in total. The molecule has 2 saturated heterocycles. The van der Waals surface area contributed by atoms with E-state index >= 15 is 0 Å². The molecule has 2 aromatic rings. The molecule has 0 bridgehead atoms. The Hall–Kier alpha value is -3.15. The predicted octanol–water partition coefficient (Wildman–Crippen LogP) is 3.09. The van der Waals surface area contributed by atoms with Crippen molar-refractivity contribution < 1.29 is 9.53 Å². The van der Waals surface area contributed by atoms with Crippen molar-refractivity contribution in [2.24, 2.45) is 0 Å². The van der Waals surface area contributed by atoms with Gasteiger partial charge in [-0.2, -0.15) is 5.26 Å². The summed E-state index contributed by atoms with van der Waals surface area (Å²) in [5, 5.41) is 13.1. The smallest absolute Gasteiger partial charge is 0.322 e. The van der Waals surface area contributed by atoms with Crippen LogP contribution in [0.5, 0.6) is 0 Å². The Morgan fingerprint density at radius 2 is 1.82 bits per heavy atom. The van der Waals surface area contributed by atoms with Crippen LogP contribution in [0.25, 0.3) is 0 Å². The summed E-state index contributed by atoms with van der Waals surface area (Å²) >= 11 is 0. The lowest BCUT2D eigenvalue weighted by atomic mass is 9.69. The Balaban J connectivity index is 1.35. The van der Waals surface area contributed by atoms with Gasteiger partial charge in [-0.3, -0.25) is 9.80 Å². The fraction of sp³-hybridized carbons (Fsp3) is 0.500. The summed E-state index contributed by atoms with van der Waals surface area (Å²) in [5.74, 6) is 0.667. The first-order valence-electron chi connectivity index (χ1n) is 12.0. The topological polar surface area (TPSA) is 84.7 Å². The van der Waals surface area contributed by atoms with E-state index in [1.807, 2.05) is 0 Å². The van der Waals surface area contributed by atoms with Crippen LogP contribution < -0.4 is 15.1 Å². The third-order valence-electron chi connectivity index (χ3n) is 7.87. The molecule has 1 spiro atoms. The van der Waals surface area contributed by atoms with Gasteiger partial charge in [-0.1, -0.05) is 30.3 Å². The maximum absolute atomic E-state index is 13.1. The van der Waals surface area contributed by atoms with Crippen molar-refractivity contribution in [3.8, 4) is 6.07 Å². The Morgan fingerprint density at radius 1 is 1.12 bits per heavy atom. The number of hydrogen-bond acceptors (Lipinski definition) is 6. The second-order valence-electron chi connectivity index (χ2n) is 9.86. The van der Waals surface area contributed by atoms with Gasteiger partial charge in [-0.05, 0) is 51.4 Å². The zero-order chi connectivity index (χ0) is 23.8. The average molecular weight is 461 g/mol. The molecule has 0 unspecified atom stereocenters. The number of anilines is 2. The summed E-state index contributed by atoms with van der Waals surface area (Å²) in [6.45, 7) is 3.27. The van der Waals surface area contributed by atoms with E-state index in [-0.39, 0.29) is 17.1 Å². The van der Waals surface area contributed by atoms with Crippen molar-refractivity contribution in [3.63, 3.8) is 0 Å². The molecule has 178 valence electrons. The summed E-state index contributed by atoms with van der Waals surface area (Å²) in [6, 6.07) is 14.6. The van der Waals surface area contributed by atoms with E-state index in [4.69, 9.17) is 4.74 Å². The minimum absolute atomic E-state index is 0.0278. The number of ether oxygens (including phenoxy) is 1. The normalized spacial score (nSPS) is 27.2. The number of morpholine rings is 1. The molecule has 1 saturated carbocycles. The molecule has 2 aliphatic heterocycles. The molecule has 1 aliphatic carbocycles. The number of nitriles is 1. The number of benzene rings is 1. The van der Waals surface area contributed by atoms with Gasteiger partial charge in [-0.25, -0.2) is 9.78 Å². The Morgan fingerprint density at radius 3 is 2.47 bits per heavy atom. The van der Waals surface area contributed by atoms with Crippen molar-refractivity contribution in [1.82, 2.24) is 15.2 Å². The highest BCUT2D eigenvalue weighted by molar-refractivity contribution is 5.95.